The van der Waals surface area contributed by atoms with Crippen molar-refractivity contribution in [1.82, 2.24) is 4.98 Å². The molecule has 106 valence electrons. The highest BCUT2D eigenvalue weighted by Gasteiger charge is 2.19. The minimum absolute atomic E-state index is 0.578. The van der Waals surface area contributed by atoms with Crippen molar-refractivity contribution in [2.45, 2.75) is 64.3 Å². The fourth-order valence-corrected chi connectivity index (χ4v) is 3.01. The molecule has 0 spiro atoms. The molecule has 2 nitrogen and oxygen atoms in total. The minimum Gasteiger partial charge on any atom is -0.354 e. The Kier molecular flexibility index (Phi) is 5.50. The maximum atomic E-state index is 6.03. The van der Waals surface area contributed by atoms with E-state index < -0.39 is 0 Å². The van der Waals surface area contributed by atoms with Crippen molar-refractivity contribution in [2.75, 3.05) is 11.4 Å². The van der Waals surface area contributed by atoms with Crippen LogP contribution in [0.5, 0.6) is 0 Å². The van der Waals surface area contributed by atoms with Crippen LogP contribution in [0.15, 0.2) is 12.1 Å². The first kappa shape index (κ1) is 14.6. The molecule has 2 heterocycles. The number of halogens is 1. The van der Waals surface area contributed by atoms with Gasteiger partial charge >= 0.3 is 0 Å². The van der Waals surface area contributed by atoms with Crippen LogP contribution in [-0.2, 0) is 12.3 Å². The molecule has 1 unspecified atom stereocenters. The third-order valence-corrected chi connectivity index (χ3v) is 4.24. The van der Waals surface area contributed by atoms with Gasteiger partial charge in [0.15, 0.2) is 0 Å². The van der Waals surface area contributed by atoms with Crippen molar-refractivity contribution >= 4 is 17.4 Å². The van der Waals surface area contributed by atoms with E-state index in [4.69, 9.17) is 16.6 Å². The number of nitrogens with zero attached hydrogens (tertiary/aromatic N) is 2. The SMILES string of the molecule is CCCc1cc(CCl)cc(N2CCCCCC2C)n1. The number of rotatable bonds is 4. The Hall–Kier alpha value is -0.760. The van der Waals surface area contributed by atoms with Crippen LogP contribution in [0.1, 0.15) is 57.2 Å². The standard InChI is InChI=1S/C16H25ClN2/c1-3-7-15-10-14(12-17)11-16(18-15)19-9-6-4-5-8-13(19)2/h10-11,13H,3-9,12H2,1-2H3. The molecule has 0 bridgehead atoms. The maximum absolute atomic E-state index is 6.03. The topological polar surface area (TPSA) is 16.1 Å². The molecule has 2 rings (SSSR count). The molecule has 0 aliphatic carbocycles. The van der Waals surface area contributed by atoms with E-state index in [1.807, 2.05) is 0 Å². The normalized spacial score (nSPS) is 20.4. The highest BCUT2D eigenvalue weighted by molar-refractivity contribution is 6.17. The molecule has 0 aromatic carbocycles. The molecule has 3 heteroatoms. The van der Waals surface area contributed by atoms with Crippen molar-refractivity contribution < 1.29 is 0 Å². The first-order chi connectivity index (χ1) is 9.24. The lowest BCUT2D eigenvalue weighted by molar-refractivity contribution is 0.610. The first-order valence-corrected chi connectivity index (χ1v) is 8.10. The van der Waals surface area contributed by atoms with Gasteiger partial charge in [0, 0.05) is 24.2 Å². The smallest absolute Gasteiger partial charge is 0.129 e. The molecular formula is C16H25ClN2. The lowest BCUT2D eigenvalue weighted by Crippen LogP contribution is -2.33. The molecule has 0 N–H and O–H groups in total. The number of pyridine rings is 1. The predicted molar refractivity (Wildman–Crippen MR) is 83.1 cm³/mol. The van der Waals surface area contributed by atoms with Crippen LogP contribution in [0, 0.1) is 0 Å². The summed E-state index contributed by atoms with van der Waals surface area (Å²) in [5.41, 5.74) is 2.39. The minimum atomic E-state index is 0.578. The number of alkyl halides is 1. The van der Waals surface area contributed by atoms with Crippen molar-refractivity contribution in [2.24, 2.45) is 0 Å². The summed E-state index contributed by atoms with van der Waals surface area (Å²) in [4.78, 5) is 7.33. The molecule has 1 saturated heterocycles. The van der Waals surface area contributed by atoms with Crippen molar-refractivity contribution in [3.63, 3.8) is 0 Å². The molecule has 19 heavy (non-hydrogen) atoms. The van der Waals surface area contributed by atoms with E-state index in [1.54, 1.807) is 0 Å². The highest BCUT2D eigenvalue weighted by atomic mass is 35.5. The second kappa shape index (κ2) is 7.14. The van der Waals surface area contributed by atoms with Crippen LogP contribution >= 0.6 is 11.6 Å². The zero-order valence-electron chi connectivity index (χ0n) is 12.2. The van der Waals surface area contributed by atoms with Gasteiger partial charge in [0.2, 0.25) is 0 Å². The van der Waals surface area contributed by atoms with Gasteiger partial charge in [-0.15, -0.1) is 11.6 Å². The Morgan fingerprint density at radius 3 is 2.89 bits per heavy atom. The van der Waals surface area contributed by atoms with E-state index >= 15 is 0 Å². The first-order valence-electron chi connectivity index (χ1n) is 7.57. The maximum Gasteiger partial charge on any atom is 0.129 e. The second-order valence-corrected chi connectivity index (χ2v) is 5.87. The van der Waals surface area contributed by atoms with E-state index in [2.05, 4.69) is 30.9 Å². The zero-order chi connectivity index (χ0) is 13.7. The van der Waals surface area contributed by atoms with Crippen LogP contribution in [0.3, 0.4) is 0 Å². The summed E-state index contributed by atoms with van der Waals surface area (Å²) in [5, 5.41) is 0. The molecule has 1 aromatic rings. The number of aryl methyl sites for hydroxylation is 1. The fraction of sp³-hybridized carbons (Fsp3) is 0.688. The van der Waals surface area contributed by atoms with E-state index in [1.165, 1.54) is 36.9 Å². The van der Waals surface area contributed by atoms with Gasteiger partial charge in [-0.2, -0.15) is 0 Å². The Morgan fingerprint density at radius 2 is 2.16 bits per heavy atom. The number of anilines is 1. The number of hydrogen-bond donors (Lipinski definition) is 0. The lowest BCUT2D eigenvalue weighted by atomic mass is 10.1. The van der Waals surface area contributed by atoms with Gasteiger partial charge in [-0.25, -0.2) is 4.98 Å². The Labute approximate surface area is 122 Å². The summed E-state index contributed by atoms with van der Waals surface area (Å²) in [5.74, 6) is 1.71. The Morgan fingerprint density at radius 1 is 1.32 bits per heavy atom. The van der Waals surface area contributed by atoms with Crippen molar-refractivity contribution in [1.29, 1.82) is 0 Å². The van der Waals surface area contributed by atoms with Crippen molar-refractivity contribution in [3.05, 3.63) is 23.4 Å². The summed E-state index contributed by atoms with van der Waals surface area (Å²) in [6.07, 6.45) is 7.41. The highest BCUT2D eigenvalue weighted by Crippen LogP contribution is 2.24. The predicted octanol–water partition coefficient (Wildman–Crippen LogP) is 4.54. The van der Waals surface area contributed by atoms with Gasteiger partial charge < -0.3 is 4.90 Å². The molecule has 1 aliphatic heterocycles. The van der Waals surface area contributed by atoms with E-state index in [0.717, 1.165) is 25.2 Å². The third kappa shape index (κ3) is 3.85. The second-order valence-electron chi connectivity index (χ2n) is 5.60. The number of aromatic nitrogens is 1. The van der Waals surface area contributed by atoms with Gasteiger partial charge in [0.1, 0.15) is 5.82 Å². The quantitative estimate of drug-likeness (QED) is 0.753. The largest absolute Gasteiger partial charge is 0.354 e. The van der Waals surface area contributed by atoms with Crippen LogP contribution in [0.2, 0.25) is 0 Å². The van der Waals surface area contributed by atoms with Crippen LogP contribution < -0.4 is 4.90 Å². The van der Waals surface area contributed by atoms with Crippen molar-refractivity contribution in [3.8, 4) is 0 Å². The van der Waals surface area contributed by atoms with Gasteiger partial charge in [0.05, 0.1) is 0 Å². The Bertz CT molecular complexity index is 406. The van der Waals surface area contributed by atoms with Gasteiger partial charge in [-0.3, -0.25) is 0 Å². The molecular weight excluding hydrogens is 256 g/mol. The number of hydrogen-bond acceptors (Lipinski definition) is 2. The summed E-state index contributed by atoms with van der Waals surface area (Å²) in [6.45, 7) is 5.65. The molecule has 1 atom stereocenters. The molecule has 0 saturated carbocycles. The van der Waals surface area contributed by atoms with Gasteiger partial charge in [-0.05, 0) is 43.9 Å². The Balaban J connectivity index is 2.27. The molecule has 0 radical (unpaired) electrons. The van der Waals surface area contributed by atoms with E-state index in [9.17, 15) is 0 Å². The van der Waals surface area contributed by atoms with Crippen LogP contribution in [0.25, 0.3) is 0 Å². The lowest BCUT2D eigenvalue weighted by Gasteiger charge is -2.29. The fourth-order valence-electron chi connectivity index (χ4n) is 2.86. The van der Waals surface area contributed by atoms with E-state index in [-0.39, 0.29) is 0 Å². The summed E-state index contributed by atoms with van der Waals surface area (Å²) < 4.78 is 0. The summed E-state index contributed by atoms with van der Waals surface area (Å²) in [6, 6.07) is 4.92. The average Bonchev–Trinajstić information content (AvgIpc) is 2.63. The average molecular weight is 281 g/mol. The monoisotopic (exact) mass is 280 g/mol. The van der Waals surface area contributed by atoms with Crippen LogP contribution in [-0.4, -0.2) is 17.6 Å². The van der Waals surface area contributed by atoms with Crippen LogP contribution in [0.4, 0.5) is 5.82 Å². The molecule has 0 amide bonds. The third-order valence-electron chi connectivity index (χ3n) is 3.93. The molecule has 1 fully saturated rings. The van der Waals surface area contributed by atoms with Gasteiger partial charge in [0.25, 0.3) is 0 Å². The zero-order valence-corrected chi connectivity index (χ0v) is 12.9. The summed E-state index contributed by atoms with van der Waals surface area (Å²) in [7, 11) is 0. The molecule has 1 aromatic heterocycles. The summed E-state index contributed by atoms with van der Waals surface area (Å²) >= 11 is 6.03. The molecule has 1 aliphatic rings. The van der Waals surface area contributed by atoms with E-state index in [0.29, 0.717) is 11.9 Å². The van der Waals surface area contributed by atoms with Gasteiger partial charge in [-0.1, -0.05) is 26.2 Å².